The highest BCUT2D eigenvalue weighted by atomic mass is 79.9. The van der Waals surface area contributed by atoms with Gasteiger partial charge in [0, 0.05) is 10.7 Å². The molecule has 19 heavy (non-hydrogen) atoms. The molecule has 0 aromatic heterocycles. The van der Waals surface area contributed by atoms with E-state index in [1.165, 1.54) is 6.21 Å². The maximum absolute atomic E-state index is 12.0. The van der Waals surface area contributed by atoms with Crippen LogP contribution in [-0.4, -0.2) is 14.6 Å². The number of benzene rings is 2. The van der Waals surface area contributed by atoms with Gasteiger partial charge in [-0.2, -0.15) is 12.8 Å². The topological polar surface area (TPSA) is 46.5 Å². The molecule has 0 saturated heterocycles. The minimum Gasteiger partial charge on any atom is -0.199 e. The van der Waals surface area contributed by atoms with Gasteiger partial charge < -0.3 is 0 Å². The summed E-state index contributed by atoms with van der Waals surface area (Å²) in [6.45, 7) is 1.90. The number of sulfonamides is 1. The largest absolute Gasteiger partial charge is 0.282 e. The maximum Gasteiger partial charge on any atom is 0.282 e. The molecule has 0 heterocycles. The number of hydrogen-bond donors (Lipinski definition) is 0. The van der Waals surface area contributed by atoms with Crippen molar-refractivity contribution in [2.24, 2.45) is 4.40 Å². The first-order valence-electron chi connectivity index (χ1n) is 5.60. The Morgan fingerprint density at radius 3 is 2.42 bits per heavy atom. The van der Waals surface area contributed by atoms with Crippen molar-refractivity contribution in [3.05, 3.63) is 64.1 Å². The summed E-state index contributed by atoms with van der Waals surface area (Å²) in [6, 6.07) is 13.9. The van der Waals surface area contributed by atoms with Crippen LogP contribution in [0.25, 0.3) is 0 Å². The summed E-state index contributed by atoms with van der Waals surface area (Å²) in [4.78, 5) is 0.198. The van der Waals surface area contributed by atoms with Gasteiger partial charge in [0.05, 0.1) is 4.90 Å². The van der Waals surface area contributed by atoms with E-state index in [2.05, 4.69) is 20.3 Å². The van der Waals surface area contributed by atoms with E-state index in [1.807, 2.05) is 19.1 Å². The number of rotatable bonds is 3. The van der Waals surface area contributed by atoms with Crippen molar-refractivity contribution in [2.75, 3.05) is 0 Å². The van der Waals surface area contributed by atoms with Gasteiger partial charge >= 0.3 is 0 Å². The van der Waals surface area contributed by atoms with Crippen LogP contribution in [0.3, 0.4) is 0 Å². The van der Waals surface area contributed by atoms with E-state index in [0.717, 1.165) is 15.6 Å². The summed E-state index contributed by atoms with van der Waals surface area (Å²) >= 11 is 3.32. The van der Waals surface area contributed by atoms with Crippen LogP contribution in [0.5, 0.6) is 0 Å². The van der Waals surface area contributed by atoms with Gasteiger partial charge in [0.2, 0.25) is 0 Å². The maximum atomic E-state index is 12.0. The highest BCUT2D eigenvalue weighted by molar-refractivity contribution is 9.10. The fourth-order valence-corrected chi connectivity index (χ4v) is 2.77. The van der Waals surface area contributed by atoms with Crippen molar-refractivity contribution in [2.45, 2.75) is 11.8 Å². The molecule has 0 atom stereocenters. The molecule has 2 aromatic rings. The van der Waals surface area contributed by atoms with E-state index in [0.29, 0.717) is 0 Å². The van der Waals surface area contributed by atoms with Crippen molar-refractivity contribution >= 4 is 32.2 Å². The summed E-state index contributed by atoms with van der Waals surface area (Å²) < 4.78 is 28.6. The molecule has 2 rings (SSSR count). The molecule has 0 radical (unpaired) electrons. The molecule has 0 amide bonds. The predicted octanol–water partition coefficient (Wildman–Crippen LogP) is 3.57. The molecule has 2 aromatic carbocycles. The van der Waals surface area contributed by atoms with E-state index in [4.69, 9.17) is 0 Å². The van der Waals surface area contributed by atoms with Gasteiger partial charge in [0.1, 0.15) is 0 Å². The molecular weight excluding hydrogens is 326 g/mol. The van der Waals surface area contributed by atoms with Crippen LogP contribution < -0.4 is 0 Å². The summed E-state index contributed by atoms with van der Waals surface area (Å²) in [5.41, 5.74) is 1.74. The zero-order valence-corrected chi connectivity index (χ0v) is 12.6. The molecule has 3 nitrogen and oxygen atoms in total. The van der Waals surface area contributed by atoms with Gasteiger partial charge in [-0.3, -0.25) is 0 Å². The van der Waals surface area contributed by atoms with Crippen LogP contribution in [0.15, 0.2) is 62.3 Å². The molecule has 0 fully saturated rings. The van der Waals surface area contributed by atoms with Gasteiger partial charge in [0.25, 0.3) is 10.0 Å². The molecule has 0 aliphatic heterocycles. The summed E-state index contributed by atoms with van der Waals surface area (Å²) in [7, 11) is -3.63. The van der Waals surface area contributed by atoms with Crippen molar-refractivity contribution in [1.29, 1.82) is 0 Å². The fourth-order valence-electron chi connectivity index (χ4n) is 1.49. The first-order chi connectivity index (χ1) is 8.97. The van der Waals surface area contributed by atoms with Crippen LogP contribution in [0.4, 0.5) is 0 Å². The quantitative estimate of drug-likeness (QED) is 0.804. The van der Waals surface area contributed by atoms with Crippen LogP contribution in [0.1, 0.15) is 11.1 Å². The SMILES string of the molecule is Cc1ccc(S(=O)(=O)/N=C/c2cccc(Br)c2)cc1. The highest BCUT2D eigenvalue weighted by Crippen LogP contribution is 2.14. The Balaban J connectivity index is 2.29. The standard InChI is InChI=1S/C14H12BrNO2S/c1-11-5-7-14(8-6-11)19(17,18)16-10-12-3-2-4-13(15)9-12/h2-10H,1H3/b16-10+. The normalized spacial score (nSPS) is 11.9. The zero-order chi connectivity index (χ0) is 13.9. The molecular formula is C14H12BrNO2S. The van der Waals surface area contributed by atoms with Gasteiger partial charge in [-0.1, -0.05) is 45.8 Å². The Hall–Kier alpha value is -1.46. The zero-order valence-electron chi connectivity index (χ0n) is 10.2. The van der Waals surface area contributed by atoms with Gasteiger partial charge in [0.15, 0.2) is 0 Å². The molecule has 0 N–H and O–H groups in total. The molecule has 0 aliphatic rings. The lowest BCUT2D eigenvalue weighted by molar-refractivity contribution is 0.598. The Morgan fingerprint density at radius 2 is 1.79 bits per heavy atom. The van der Waals surface area contributed by atoms with E-state index in [-0.39, 0.29) is 4.90 Å². The van der Waals surface area contributed by atoms with E-state index in [9.17, 15) is 8.42 Å². The third-order valence-corrected chi connectivity index (χ3v) is 4.25. The van der Waals surface area contributed by atoms with Crippen molar-refractivity contribution < 1.29 is 8.42 Å². The minimum atomic E-state index is -3.63. The number of nitrogens with zero attached hydrogens (tertiary/aromatic N) is 1. The Morgan fingerprint density at radius 1 is 1.11 bits per heavy atom. The third kappa shape index (κ3) is 3.75. The first-order valence-corrected chi connectivity index (χ1v) is 7.83. The Kier molecular flexibility index (Phi) is 4.17. The third-order valence-electron chi connectivity index (χ3n) is 2.51. The average molecular weight is 338 g/mol. The number of hydrogen-bond acceptors (Lipinski definition) is 2. The molecule has 0 unspecified atom stereocenters. The Labute approximate surface area is 121 Å². The van der Waals surface area contributed by atoms with Crippen LogP contribution in [0.2, 0.25) is 0 Å². The monoisotopic (exact) mass is 337 g/mol. The lowest BCUT2D eigenvalue weighted by Gasteiger charge is -1.99. The summed E-state index contributed by atoms with van der Waals surface area (Å²) in [6.07, 6.45) is 1.35. The van der Waals surface area contributed by atoms with Crippen molar-refractivity contribution in [1.82, 2.24) is 0 Å². The summed E-state index contributed by atoms with van der Waals surface area (Å²) in [5.74, 6) is 0. The van der Waals surface area contributed by atoms with Crippen LogP contribution >= 0.6 is 15.9 Å². The van der Waals surface area contributed by atoms with Crippen LogP contribution in [0, 0.1) is 6.92 Å². The highest BCUT2D eigenvalue weighted by Gasteiger charge is 2.10. The van der Waals surface area contributed by atoms with Crippen LogP contribution in [-0.2, 0) is 10.0 Å². The number of aryl methyl sites for hydroxylation is 1. The van der Waals surface area contributed by atoms with E-state index >= 15 is 0 Å². The molecule has 0 saturated carbocycles. The number of halogens is 1. The first kappa shape index (κ1) is 14.0. The molecule has 0 bridgehead atoms. The van der Waals surface area contributed by atoms with Gasteiger partial charge in [-0.05, 0) is 36.8 Å². The predicted molar refractivity (Wildman–Crippen MR) is 80.1 cm³/mol. The molecule has 0 spiro atoms. The summed E-state index contributed by atoms with van der Waals surface area (Å²) in [5, 5.41) is 0. The lowest BCUT2D eigenvalue weighted by Crippen LogP contribution is -1.97. The second-order valence-electron chi connectivity index (χ2n) is 4.08. The van der Waals surface area contributed by atoms with Crippen molar-refractivity contribution in [3.8, 4) is 0 Å². The smallest absolute Gasteiger partial charge is 0.199 e. The Bertz CT molecular complexity index is 706. The minimum absolute atomic E-state index is 0.198. The van der Waals surface area contributed by atoms with Crippen molar-refractivity contribution in [3.63, 3.8) is 0 Å². The van der Waals surface area contributed by atoms with E-state index < -0.39 is 10.0 Å². The van der Waals surface area contributed by atoms with Gasteiger partial charge in [-0.15, -0.1) is 0 Å². The van der Waals surface area contributed by atoms with Gasteiger partial charge in [-0.25, -0.2) is 0 Å². The second kappa shape index (κ2) is 5.67. The molecule has 98 valence electrons. The lowest BCUT2D eigenvalue weighted by atomic mass is 10.2. The van der Waals surface area contributed by atoms with E-state index in [1.54, 1.807) is 36.4 Å². The molecule has 0 aliphatic carbocycles. The molecule has 5 heteroatoms. The second-order valence-corrected chi connectivity index (χ2v) is 6.63. The average Bonchev–Trinajstić information content (AvgIpc) is 2.37. The fraction of sp³-hybridized carbons (Fsp3) is 0.0714.